The normalized spacial score (nSPS) is 21.2. The van der Waals surface area contributed by atoms with Crippen molar-refractivity contribution in [3.8, 4) is 0 Å². The monoisotopic (exact) mass is 263 g/mol. The number of carboxylic acids is 1. The van der Waals surface area contributed by atoms with Gasteiger partial charge in [0.05, 0.1) is 5.75 Å². The van der Waals surface area contributed by atoms with Crippen LogP contribution in [0.25, 0.3) is 0 Å². The summed E-state index contributed by atoms with van der Waals surface area (Å²) in [5.74, 6) is -1.63. The number of aliphatic carboxylic acids is 1. The second kappa shape index (κ2) is 5.48. The van der Waals surface area contributed by atoms with Crippen molar-refractivity contribution in [1.29, 1.82) is 0 Å². The van der Waals surface area contributed by atoms with Crippen LogP contribution >= 0.6 is 0 Å². The molecule has 17 heavy (non-hydrogen) atoms. The summed E-state index contributed by atoms with van der Waals surface area (Å²) in [6, 6.07) is -0.796. The Bertz CT molecular complexity index is 403. The third kappa shape index (κ3) is 4.33. The number of piperidine rings is 1. The van der Waals surface area contributed by atoms with Gasteiger partial charge in [-0.15, -0.1) is 0 Å². The summed E-state index contributed by atoms with van der Waals surface area (Å²) in [7, 11) is -3.19. The molecule has 1 amide bonds. The maximum absolute atomic E-state index is 11.8. The van der Waals surface area contributed by atoms with E-state index < -0.39 is 21.8 Å². The van der Waals surface area contributed by atoms with E-state index in [1.165, 1.54) is 4.90 Å². The zero-order valence-electron chi connectivity index (χ0n) is 9.76. The highest BCUT2D eigenvalue weighted by molar-refractivity contribution is 7.90. The summed E-state index contributed by atoms with van der Waals surface area (Å²) < 4.78 is 21.9. The standard InChI is InChI=1S/C10H17NO5S/c1-17(15,16)7-5-9(12)11-6-3-2-4-8(11)10(13)14/h8H,2-7H2,1H3,(H,13,14). The zero-order chi connectivity index (χ0) is 13.1. The van der Waals surface area contributed by atoms with Gasteiger partial charge in [0.15, 0.2) is 0 Å². The number of carbonyl (C=O) groups excluding carboxylic acids is 1. The predicted molar refractivity (Wildman–Crippen MR) is 61.3 cm³/mol. The van der Waals surface area contributed by atoms with Crippen molar-refractivity contribution in [1.82, 2.24) is 4.90 Å². The Hall–Kier alpha value is -1.11. The van der Waals surface area contributed by atoms with Gasteiger partial charge in [0.1, 0.15) is 15.9 Å². The number of nitrogens with zero attached hydrogens (tertiary/aromatic N) is 1. The van der Waals surface area contributed by atoms with Gasteiger partial charge in [-0.05, 0) is 19.3 Å². The smallest absolute Gasteiger partial charge is 0.326 e. The second-order valence-electron chi connectivity index (χ2n) is 4.32. The van der Waals surface area contributed by atoms with E-state index in [0.717, 1.165) is 19.1 Å². The first-order valence-corrected chi connectivity index (χ1v) is 7.57. The van der Waals surface area contributed by atoms with Crippen LogP contribution in [0.2, 0.25) is 0 Å². The van der Waals surface area contributed by atoms with Crippen LogP contribution in [0.1, 0.15) is 25.7 Å². The molecule has 1 aliphatic heterocycles. The average molecular weight is 263 g/mol. The summed E-state index contributed by atoms with van der Waals surface area (Å²) in [6.45, 7) is 0.402. The molecule has 0 spiro atoms. The van der Waals surface area contributed by atoms with Gasteiger partial charge in [-0.25, -0.2) is 13.2 Å². The van der Waals surface area contributed by atoms with Gasteiger partial charge in [-0.2, -0.15) is 0 Å². The fourth-order valence-electron chi connectivity index (χ4n) is 1.90. The summed E-state index contributed by atoms with van der Waals surface area (Å²) in [6.07, 6.45) is 2.93. The van der Waals surface area contributed by atoms with Crippen molar-refractivity contribution in [3.63, 3.8) is 0 Å². The molecule has 7 heteroatoms. The van der Waals surface area contributed by atoms with Crippen molar-refractivity contribution in [2.75, 3.05) is 18.6 Å². The molecule has 1 fully saturated rings. The highest BCUT2D eigenvalue weighted by Crippen LogP contribution is 2.18. The second-order valence-corrected chi connectivity index (χ2v) is 6.58. The minimum Gasteiger partial charge on any atom is -0.480 e. The lowest BCUT2D eigenvalue weighted by Crippen LogP contribution is -2.48. The molecule has 1 atom stereocenters. The largest absolute Gasteiger partial charge is 0.480 e. The van der Waals surface area contributed by atoms with Crippen LogP contribution in [0, 0.1) is 0 Å². The summed E-state index contributed by atoms with van der Waals surface area (Å²) in [5, 5.41) is 8.97. The highest BCUT2D eigenvalue weighted by Gasteiger charge is 2.31. The number of carboxylic acid groups (broad SMARTS) is 1. The van der Waals surface area contributed by atoms with E-state index in [-0.39, 0.29) is 18.1 Å². The van der Waals surface area contributed by atoms with Crippen LogP contribution in [0.15, 0.2) is 0 Å². The van der Waals surface area contributed by atoms with Crippen molar-refractivity contribution >= 4 is 21.7 Å². The molecule has 6 nitrogen and oxygen atoms in total. The van der Waals surface area contributed by atoms with Crippen LogP contribution in [-0.2, 0) is 19.4 Å². The molecule has 1 rings (SSSR count). The van der Waals surface area contributed by atoms with Crippen LogP contribution in [0.5, 0.6) is 0 Å². The Labute approximate surface area is 101 Å². The van der Waals surface area contributed by atoms with Crippen molar-refractivity contribution in [2.24, 2.45) is 0 Å². The van der Waals surface area contributed by atoms with Crippen LogP contribution in [0.4, 0.5) is 0 Å². The van der Waals surface area contributed by atoms with Crippen LogP contribution in [0.3, 0.4) is 0 Å². The van der Waals surface area contributed by atoms with Crippen molar-refractivity contribution < 1.29 is 23.1 Å². The number of likely N-dealkylation sites (tertiary alicyclic amines) is 1. The lowest BCUT2D eigenvalue weighted by molar-refractivity contribution is -0.151. The topological polar surface area (TPSA) is 91.8 Å². The SMILES string of the molecule is CS(=O)(=O)CCC(=O)N1CCCCC1C(=O)O. The molecule has 98 valence electrons. The summed E-state index contributed by atoms with van der Waals surface area (Å²) in [5.41, 5.74) is 0. The van der Waals surface area contributed by atoms with Gasteiger partial charge in [-0.1, -0.05) is 0 Å². The van der Waals surface area contributed by atoms with E-state index >= 15 is 0 Å². The molecule has 0 radical (unpaired) electrons. The quantitative estimate of drug-likeness (QED) is 0.764. The molecule has 1 heterocycles. The third-order valence-corrected chi connectivity index (χ3v) is 3.74. The predicted octanol–water partition coefficient (Wildman–Crippen LogP) is -0.113. The van der Waals surface area contributed by atoms with Gasteiger partial charge < -0.3 is 10.0 Å². The molecule has 1 unspecified atom stereocenters. The molecule has 0 aromatic rings. The first-order valence-electron chi connectivity index (χ1n) is 5.51. The average Bonchev–Trinajstić information content (AvgIpc) is 2.25. The molecular weight excluding hydrogens is 246 g/mol. The Morgan fingerprint density at radius 1 is 1.35 bits per heavy atom. The molecule has 1 aliphatic rings. The molecule has 1 saturated heterocycles. The van der Waals surface area contributed by atoms with Gasteiger partial charge in [-0.3, -0.25) is 4.79 Å². The van der Waals surface area contributed by atoms with Crippen molar-refractivity contribution in [2.45, 2.75) is 31.7 Å². The number of rotatable bonds is 4. The Morgan fingerprint density at radius 3 is 2.53 bits per heavy atom. The highest BCUT2D eigenvalue weighted by atomic mass is 32.2. The third-order valence-electron chi connectivity index (χ3n) is 2.79. The molecule has 1 N–H and O–H groups in total. The summed E-state index contributed by atoms with van der Waals surface area (Å²) in [4.78, 5) is 24.0. The van der Waals surface area contributed by atoms with Crippen LogP contribution in [-0.4, -0.2) is 54.9 Å². The molecule has 0 aromatic heterocycles. The Balaban J connectivity index is 2.62. The molecule has 0 saturated carbocycles. The maximum atomic E-state index is 11.8. The number of sulfone groups is 1. The lowest BCUT2D eigenvalue weighted by atomic mass is 10.0. The Kier molecular flexibility index (Phi) is 4.50. The first kappa shape index (κ1) is 14.0. The molecular formula is C10H17NO5S. The first-order chi connectivity index (χ1) is 7.81. The molecule has 0 aliphatic carbocycles. The van der Waals surface area contributed by atoms with Crippen LogP contribution < -0.4 is 0 Å². The van der Waals surface area contributed by atoms with E-state index in [1.807, 2.05) is 0 Å². The number of amides is 1. The van der Waals surface area contributed by atoms with E-state index in [2.05, 4.69) is 0 Å². The van der Waals surface area contributed by atoms with E-state index in [4.69, 9.17) is 5.11 Å². The van der Waals surface area contributed by atoms with Gasteiger partial charge in [0.25, 0.3) is 0 Å². The van der Waals surface area contributed by atoms with E-state index in [1.54, 1.807) is 0 Å². The fourth-order valence-corrected chi connectivity index (χ4v) is 2.45. The minimum atomic E-state index is -3.19. The number of hydrogen-bond acceptors (Lipinski definition) is 4. The van der Waals surface area contributed by atoms with Gasteiger partial charge in [0, 0.05) is 19.2 Å². The molecule has 0 aromatic carbocycles. The van der Waals surface area contributed by atoms with Gasteiger partial charge in [0.2, 0.25) is 5.91 Å². The zero-order valence-corrected chi connectivity index (χ0v) is 10.6. The number of hydrogen-bond donors (Lipinski definition) is 1. The Morgan fingerprint density at radius 2 is 2.00 bits per heavy atom. The van der Waals surface area contributed by atoms with Gasteiger partial charge >= 0.3 is 5.97 Å². The minimum absolute atomic E-state index is 0.136. The van der Waals surface area contributed by atoms with E-state index in [9.17, 15) is 18.0 Å². The summed E-state index contributed by atoms with van der Waals surface area (Å²) >= 11 is 0. The van der Waals surface area contributed by atoms with E-state index in [0.29, 0.717) is 13.0 Å². The fraction of sp³-hybridized carbons (Fsp3) is 0.800. The molecule has 0 bridgehead atoms. The lowest BCUT2D eigenvalue weighted by Gasteiger charge is -2.32. The van der Waals surface area contributed by atoms with Crippen molar-refractivity contribution in [3.05, 3.63) is 0 Å². The maximum Gasteiger partial charge on any atom is 0.326 e. The number of carbonyl (C=O) groups is 2.